The molecule has 4 nitrogen and oxygen atoms in total. The van der Waals surface area contributed by atoms with Crippen molar-refractivity contribution in [2.24, 2.45) is 0 Å². The van der Waals surface area contributed by atoms with Crippen molar-refractivity contribution in [3.63, 3.8) is 0 Å². The molecule has 3 aromatic carbocycles. The topological polar surface area (TPSA) is 62.1 Å². The number of carbonyl (C=O) groups excluding carboxylic acids is 1. The van der Waals surface area contributed by atoms with Crippen LogP contribution in [-0.2, 0) is 11.2 Å². The van der Waals surface area contributed by atoms with Crippen LogP contribution in [-0.4, -0.2) is 13.0 Å². The molecule has 5 heteroatoms. The molecule has 1 N–H and O–H groups in total. The van der Waals surface area contributed by atoms with E-state index in [1.54, 1.807) is 31.4 Å². The number of nitrogens with zero attached hydrogens (tertiary/aromatic N) is 1. The Labute approximate surface area is 181 Å². The Kier molecular flexibility index (Phi) is 6.84. The van der Waals surface area contributed by atoms with Crippen LogP contribution < -0.4 is 10.1 Å². The third-order valence-electron chi connectivity index (χ3n) is 4.94. The fourth-order valence-electron chi connectivity index (χ4n) is 3.23. The highest BCUT2D eigenvalue weighted by Crippen LogP contribution is 2.24. The highest BCUT2D eigenvalue weighted by molar-refractivity contribution is 6.10. The molecule has 1 amide bonds. The Bertz CT molecular complexity index is 1190. The summed E-state index contributed by atoms with van der Waals surface area (Å²) in [4.78, 5) is 12.8. The van der Waals surface area contributed by atoms with Crippen molar-refractivity contribution in [1.29, 1.82) is 5.26 Å². The molecule has 0 aromatic heterocycles. The molecule has 31 heavy (non-hydrogen) atoms. The van der Waals surface area contributed by atoms with E-state index in [1.807, 2.05) is 50.2 Å². The first-order valence-electron chi connectivity index (χ1n) is 9.81. The van der Waals surface area contributed by atoms with Gasteiger partial charge in [0, 0.05) is 5.69 Å². The Morgan fingerprint density at radius 1 is 1.13 bits per heavy atom. The maximum atomic E-state index is 13.6. The summed E-state index contributed by atoms with van der Waals surface area (Å²) < 4.78 is 18.9. The van der Waals surface area contributed by atoms with Crippen LogP contribution in [0.15, 0.2) is 66.2 Å². The molecular formula is C26H23FN2O2. The second kappa shape index (κ2) is 9.73. The van der Waals surface area contributed by atoms with Gasteiger partial charge in [-0.3, -0.25) is 4.79 Å². The first-order valence-corrected chi connectivity index (χ1v) is 9.81. The Balaban J connectivity index is 1.95. The van der Waals surface area contributed by atoms with Crippen molar-refractivity contribution in [2.75, 3.05) is 12.4 Å². The number of rotatable bonds is 6. The lowest BCUT2D eigenvalue weighted by Crippen LogP contribution is -2.14. The average Bonchev–Trinajstić information content (AvgIpc) is 2.75. The molecule has 156 valence electrons. The molecule has 3 rings (SSSR count). The molecule has 0 saturated carbocycles. The van der Waals surface area contributed by atoms with E-state index in [9.17, 15) is 14.4 Å². The summed E-state index contributed by atoms with van der Waals surface area (Å²) in [6.07, 6.45) is 1.98. The first-order chi connectivity index (χ1) is 14.9. The van der Waals surface area contributed by atoms with Crippen LogP contribution in [0.1, 0.15) is 27.8 Å². The highest BCUT2D eigenvalue weighted by atomic mass is 19.1. The molecule has 0 radical (unpaired) electrons. The number of amides is 1. The van der Waals surface area contributed by atoms with Gasteiger partial charge in [-0.25, -0.2) is 4.39 Å². The summed E-state index contributed by atoms with van der Waals surface area (Å²) in [6.45, 7) is 3.83. The van der Waals surface area contributed by atoms with E-state index in [2.05, 4.69) is 5.32 Å². The summed E-state index contributed by atoms with van der Waals surface area (Å²) in [6, 6.07) is 19.4. The van der Waals surface area contributed by atoms with Crippen LogP contribution in [0.2, 0.25) is 0 Å². The van der Waals surface area contributed by atoms with E-state index in [0.717, 1.165) is 22.3 Å². The van der Waals surface area contributed by atoms with Gasteiger partial charge in [-0.05, 0) is 84.5 Å². The number of hydrogen-bond acceptors (Lipinski definition) is 3. The molecule has 0 unspecified atom stereocenters. The van der Waals surface area contributed by atoms with Crippen LogP contribution in [0.3, 0.4) is 0 Å². The summed E-state index contributed by atoms with van der Waals surface area (Å²) in [5, 5.41) is 12.4. The molecule has 0 fully saturated rings. The maximum Gasteiger partial charge on any atom is 0.266 e. The molecule has 0 aliphatic heterocycles. The normalized spacial score (nSPS) is 11.0. The number of ether oxygens (including phenoxy) is 1. The number of aryl methyl sites for hydroxylation is 2. The molecule has 0 atom stereocenters. The predicted molar refractivity (Wildman–Crippen MR) is 120 cm³/mol. The minimum Gasteiger partial charge on any atom is -0.497 e. The number of benzene rings is 3. The number of methoxy groups -OCH3 is 1. The zero-order valence-electron chi connectivity index (χ0n) is 17.7. The number of nitriles is 1. The molecule has 3 aromatic rings. The molecule has 0 spiro atoms. The lowest BCUT2D eigenvalue weighted by atomic mass is 9.97. The zero-order chi connectivity index (χ0) is 22.4. The predicted octanol–water partition coefficient (Wildman–Crippen LogP) is 5.59. The maximum absolute atomic E-state index is 13.6. The van der Waals surface area contributed by atoms with E-state index in [1.165, 1.54) is 12.1 Å². The van der Waals surface area contributed by atoms with E-state index >= 15 is 0 Å². The van der Waals surface area contributed by atoms with Gasteiger partial charge in [0.2, 0.25) is 0 Å². The summed E-state index contributed by atoms with van der Waals surface area (Å²) >= 11 is 0. The Hall–Kier alpha value is -3.91. The third kappa shape index (κ3) is 5.58. The number of halogens is 1. The van der Waals surface area contributed by atoms with Crippen molar-refractivity contribution in [3.05, 3.63) is 99.9 Å². The number of carbonyl (C=O) groups is 1. The molecular weight excluding hydrogens is 391 g/mol. The van der Waals surface area contributed by atoms with Gasteiger partial charge in [0.25, 0.3) is 5.91 Å². The molecule has 0 aliphatic rings. The minimum atomic E-state index is -0.483. The minimum absolute atomic E-state index is 0.0217. The van der Waals surface area contributed by atoms with Crippen LogP contribution in [0.4, 0.5) is 10.1 Å². The van der Waals surface area contributed by atoms with E-state index < -0.39 is 5.91 Å². The second-order valence-electron chi connectivity index (χ2n) is 7.31. The van der Waals surface area contributed by atoms with E-state index in [0.29, 0.717) is 23.4 Å². The van der Waals surface area contributed by atoms with Crippen LogP contribution in [0.25, 0.3) is 6.08 Å². The van der Waals surface area contributed by atoms with Gasteiger partial charge < -0.3 is 10.1 Å². The van der Waals surface area contributed by atoms with Crippen LogP contribution in [0.5, 0.6) is 5.75 Å². The van der Waals surface area contributed by atoms with E-state index in [4.69, 9.17) is 4.74 Å². The van der Waals surface area contributed by atoms with Gasteiger partial charge in [-0.15, -0.1) is 0 Å². The van der Waals surface area contributed by atoms with Gasteiger partial charge in [0.05, 0.1) is 7.11 Å². The summed E-state index contributed by atoms with van der Waals surface area (Å²) in [5.41, 5.74) is 4.85. The fourth-order valence-corrected chi connectivity index (χ4v) is 3.23. The largest absolute Gasteiger partial charge is 0.497 e. The number of hydrogen-bond donors (Lipinski definition) is 1. The molecule has 0 aliphatic carbocycles. The SMILES string of the molecule is COc1ccc(/C=C(\C#N)C(=O)Nc2cc(C)ccc2C)c(Cc2cccc(F)c2)c1. The van der Waals surface area contributed by atoms with Crippen molar-refractivity contribution in [3.8, 4) is 11.8 Å². The lowest BCUT2D eigenvalue weighted by Gasteiger charge is -2.11. The van der Waals surface area contributed by atoms with E-state index in [-0.39, 0.29) is 11.4 Å². The van der Waals surface area contributed by atoms with Crippen LogP contribution >= 0.6 is 0 Å². The summed E-state index contributed by atoms with van der Waals surface area (Å²) in [7, 11) is 1.56. The average molecular weight is 414 g/mol. The summed E-state index contributed by atoms with van der Waals surface area (Å²) in [5.74, 6) is -0.159. The second-order valence-corrected chi connectivity index (χ2v) is 7.31. The van der Waals surface area contributed by atoms with Crippen molar-refractivity contribution in [2.45, 2.75) is 20.3 Å². The Morgan fingerprint density at radius 3 is 2.65 bits per heavy atom. The van der Waals surface area contributed by atoms with Crippen molar-refractivity contribution < 1.29 is 13.9 Å². The number of nitrogens with one attached hydrogen (secondary N) is 1. The van der Waals surface area contributed by atoms with Gasteiger partial charge in [0.15, 0.2) is 0 Å². The highest BCUT2D eigenvalue weighted by Gasteiger charge is 2.13. The van der Waals surface area contributed by atoms with Gasteiger partial charge in [0.1, 0.15) is 23.2 Å². The molecule has 0 saturated heterocycles. The Morgan fingerprint density at radius 2 is 1.94 bits per heavy atom. The standard InChI is InChI=1S/C26H23FN2O2/c1-17-7-8-18(2)25(11-17)29-26(30)22(16-28)14-20-9-10-24(31-3)15-21(20)12-19-5-4-6-23(27)13-19/h4-11,13-15H,12H2,1-3H3,(H,29,30)/b22-14+. The third-order valence-corrected chi connectivity index (χ3v) is 4.94. The molecule has 0 bridgehead atoms. The van der Waals surface area contributed by atoms with Crippen LogP contribution in [0, 0.1) is 31.0 Å². The zero-order valence-corrected chi connectivity index (χ0v) is 17.7. The van der Waals surface area contributed by atoms with Gasteiger partial charge in [-0.1, -0.05) is 30.3 Å². The molecule has 0 heterocycles. The smallest absolute Gasteiger partial charge is 0.266 e. The number of anilines is 1. The quantitative estimate of drug-likeness (QED) is 0.423. The monoisotopic (exact) mass is 414 g/mol. The van der Waals surface area contributed by atoms with Gasteiger partial charge in [-0.2, -0.15) is 5.26 Å². The fraction of sp³-hybridized carbons (Fsp3) is 0.154. The van der Waals surface area contributed by atoms with Gasteiger partial charge >= 0.3 is 0 Å². The first kappa shape index (κ1) is 21.8. The van der Waals surface area contributed by atoms with Crippen molar-refractivity contribution in [1.82, 2.24) is 0 Å². The lowest BCUT2D eigenvalue weighted by molar-refractivity contribution is -0.112. The van der Waals surface area contributed by atoms with Crippen molar-refractivity contribution >= 4 is 17.7 Å².